The van der Waals surface area contributed by atoms with Crippen LogP contribution in [0.1, 0.15) is 22.8 Å². The number of amides is 1. The molecule has 1 atom stereocenters. The largest absolute Gasteiger partial charge is 0.417 e. The molecule has 8 nitrogen and oxygen atoms in total. The number of hydrogen-bond acceptors (Lipinski definition) is 7. The number of carbonyl (C=O) groups excluding carboxylic acids is 1. The molecule has 0 spiro atoms. The summed E-state index contributed by atoms with van der Waals surface area (Å²) in [4.78, 5) is 20.2. The van der Waals surface area contributed by atoms with Gasteiger partial charge in [0.05, 0.1) is 23.1 Å². The van der Waals surface area contributed by atoms with Gasteiger partial charge in [0.1, 0.15) is 11.6 Å². The molecule has 0 saturated carbocycles. The van der Waals surface area contributed by atoms with Gasteiger partial charge in [0, 0.05) is 31.2 Å². The van der Waals surface area contributed by atoms with Crippen molar-refractivity contribution in [1.29, 1.82) is 5.41 Å². The van der Waals surface area contributed by atoms with E-state index in [-0.39, 0.29) is 28.6 Å². The normalized spacial score (nSPS) is 13.2. The highest BCUT2D eigenvalue weighted by Gasteiger charge is 2.30. The zero-order chi connectivity index (χ0) is 21.6. The van der Waals surface area contributed by atoms with Crippen LogP contribution < -0.4 is 16.0 Å². The first kappa shape index (κ1) is 21.8. The van der Waals surface area contributed by atoms with Gasteiger partial charge in [-0.3, -0.25) is 4.79 Å². The second-order valence-electron chi connectivity index (χ2n) is 5.84. The van der Waals surface area contributed by atoms with Gasteiger partial charge in [-0.1, -0.05) is 0 Å². The Morgan fingerprint density at radius 3 is 2.48 bits per heavy atom. The summed E-state index contributed by atoms with van der Waals surface area (Å²) < 4.78 is 37.8. The minimum Gasteiger partial charge on any atom is -0.388 e. The SMILES string of the molecule is CN/C(=C(\C=N)NC(=O)c1ccnc(Nc2ccc(C(F)(F)F)cn2)c1)C(C)O. The Morgan fingerprint density at radius 2 is 1.97 bits per heavy atom. The number of aromatic nitrogens is 2. The lowest BCUT2D eigenvalue weighted by Gasteiger charge is -2.15. The summed E-state index contributed by atoms with van der Waals surface area (Å²) in [5.41, 5.74) is -0.360. The quantitative estimate of drug-likeness (QED) is 0.449. The summed E-state index contributed by atoms with van der Waals surface area (Å²) in [6.07, 6.45) is -2.50. The fraction of sp³-hybridized carbons (Fsp3) is 0.222. The van der Waals surface area contributed by atoms with Crippen LogP contribution in [-0.2, 0) is 6.18 Å². The maximum atomic E-state index is 12.6. The average Bonchev–Trinajstić information content (AvgIpc) is 2.67. The van der Waals surface area contributed by atoms with Gasteiger partial charge in [-0.15, -0.1) is 0 Å². The molecule has 2 aromatic rings. The molecule has 0 aliphatic rings. The van der Waals surface area contributed by atoms with Gasteiger partial charge >= 0.3 is 6.18 Å². The van der Waals surface area contributed by atoms with Crippen molar-refractivity contribution in [2.75, 3.05) is 12.4 Å². The topological polar surface area (TPSA) is 123 Å². The van der Waals surface area contributed by atoms with E-state index in [2.05, 4.69) is 25.9 Å². The van der Waals surface area contributed by atoms with Crippen molar-refractivity contribution >= 4 is 23.8 Å². The minimum atomic E-state index is -4.49. The smallest absolute Gasteiger partial charge is 0.388 e. The zero-order valence-electron chi connectivity index (χ0n) is 15.5. The summed E-state index contributed by atoms with van der Waals surface area (Å²) in [7, 11) is 1.54. The lowest BCUT2D eigenvalue weighted by Crippen LogP contribution is -2.31. The second-order valence-corrected chi connectivity index (χ2v) is 5.84. The molecule has 154 valence electrons. The van der Waals surface area contributed by atoms with Crippen LogP contribution in [0.4, 0.5) is 24.8 Å². The number of aliphatic hydroxyl groups excluding tert-OH is 1. The third kappa shape index (κ3) is 5.75. The number of nitrogens with zero attached hydrogens (tertiary/aromatic N) is 2. The number of nitrogens with one attached hydrogen (secondary N) is 4. The fourth-order valence-electron chi connectivity index (χ4n) is 2.35. The highest BCUT2D eigenvalue weighted by molar-refractivity contribution is 5.99. The fourth-order valence-corrected chi connectivity index (χ4v) is 2.35. The van der Waals surface area contributed by atoms with Crippen molar-refractivity contribution in [2.45, 2.75) is 19.2 Å². The standard InChI is InChI=1S/C18H19F3N6O2/c1-10(28)16(23-2)13(8-22)26-17(29)11-5-6-24-15(7-11)27-14-4-3-12(9-25-14)18(19,20)21/h3-10,22-23,28H,1-2H3,(H,26,29)(H,24,25,27)/b16-13+,22-8?. The van der Waals surface area contributed by atoms with Crippen molar-refractivity contribution in [3.8, 4) is 0 Å². The number of allylic oxidation sites excluding steroid dienone is 1. The van der Waals surface area contributed by atoms with E-state index in [1.165, 1.54) is 25.3 Å². The summed E-state index contributed by atoms with van der Waals surface area (Å²) in [6, 6.07) is 4.82. The highest BCUT2D eigenvalue weighted by Crippen LogP contribution is 2.29. The molecule has 1 amide bonds. The van der Waals surface area contributed by atoms with E-state index in [1.807, 2.05) is 0 Å². The van der Waals surface area contributed by atoms with E-state index >= 15 is 0 Å². The molecule has 2 aromatic heterocycles. The van der Waals surface area contributed by atoms with E-state index in [4.69, 9.17) is 5.41 Å². The number of alkyl halides is 3. The Bertz CT molecular complexity index is 911. The lowest BCUT2D eigenvalue weighted by molar-refractivity contribution is -0.137. The molecular weight excluding hydrogens is 389 g/mol. The van der Waals surface area contributed by atoms with Gasteiger partial charge in [-0.25, -0.2) is 9.97 Å². The molecule has 1 unspecified atom stereocenters. The van der Waals surface area contributed by atoms with Crippen LogP contribution in [0, 0.1) is 5.41 Å². The first-order valence-corrected chi connectivity index (χ1v) is 8.33. The molecule has 0 aliphatic carbocycles. The number of likely N-dealkylation sites (N-methyl/N-ethyl adjacent to an activating group) is 1. The summed E-state index contributed by atoms with van der Waals surface area (Å²) in [5.74, 6) is -0.257. The van der Waals surface area contributed by atoms with Crippen LogP contribution in [0.3, 0.4) is 0 Å². The minimum absolute atomic E-state index is 0.0863. The van der Waals surface area contributed by atoms with Gasteiger partial charge in [-0.2, -0.15) is 13.2 Å². The summed E-state index contributed by atoms with van der Waals surface area (Å²) >= 11 is 0. The zero-order valence-corrected chi connectivity index (χ0v) is 15.5. The molecule has 2 rings (SSSR count). The molecule has 2 heterocycles. The molecule has 0 saturated heterocycles. The number of halogens is 3. The number of anilines is 2. The number of rotatable bonds is 7. The predicted octanol–water partition coefficient (Wildman–Crippen LogP) is 2.43. The maximum Gasteiger partial charge on any atom is 0.417 e. The Kier molecular flexibility index (Phi) is 6.89. The van der Waals surface area contributed by atoms with Gasteiger partial charge in [0.2, 0.25) is 0 Å². The van der Waals surface area contributed by atoms with Crippen molar-refractivity contribution in [1.82, 2.24) is 20.6 Å². The second kappa shape index (κ2) is 9.15. The van der Waals surface area contributed by atoms with Crippen LogP contribution >= 0.6 is 0 Å². The van der Waals surface area contributed by atoms with Gasteiger partial charge in [0.15, 0.2) is 0 Å². The monoisotopic (exact) mass is 408 g/mol. The Balaban J connectivity index is 2.18. The van der Waals surface area contributed by atoms with Crippen molar-refractivity contribution in [3.63, 3.8) is 0 Å². The first-order chi connectivity index (χ1) is 13.7. The van der Waals surface area contributed by atoms with Gasteiger partial charge in [-0.05, 0) is 31.2 Å². The highest BCUT2D eigenvalue weighted by atomic mass is 19.4. The maximum absolute atomic E-state index is 12.6. The van der Waals surface area contributed by atoms with E-state index in [0.29, 0.717) is 6.20 Å². The molecule has 0 aliphatic heterocycles. The average molecular weight is 408 g/mol. The Morgan fingerprint density at radius 1 is 1.24 bits per heavy atom. The van der Waals surface area contributed by atoms with Crippen molar-refractivity contribution in [2.24, 2.45) is 0 Å². The molecule has 0 fully saturated rings. The van der Waals surface area contributed by atoms with E-state index in [9.17, 15) is 23.1 Å². The number of aliphatic hydroxyl groups is 1. The Labute approximate surface area is 164 Å². The molecular formula is C18H19F3N6O2. The molecule has 29 heavy (non-hydrogen) atoms. The number of hydrogen-bond donors (Lipinski definition) is 5. The molecule has 5 N–H and O–H groups in total. The summed E-state index contributed by atoms with van der Waals surface area (Å²) in [5, 5.41) is 25.1. The van der Waals surface area contributed by atoms with Crippen molar-refractivity contribution in [3.05, 3.63) is 59.2 Å². The van der Waals surface area contributed by atoms with Crippen LogP contribution in [0.2, 0.25) is 0 Å². The third-order valence-corrected chi connectivity index (χ3v) is 3.74. The number of pyridine rings is 2. The van der Waals surface area contributed by atoms with E-state index < -0.39 is 23.8 Å². The van der Waals surface area contributed by atoms with Crippen molar-refractivity contribution < 1.29 is 23.1 Å². The molecule has 0 radical (unpaired) electrons. The Hall–Kier alpha value is -3.47. The summed E-state index contributed by atoms with van der Waals surface area (Å²) in [6.45, 7) is 1.48. The molecule has 0 aromatic carbocycles. The van der Waals surface area contributed by atoms with Crippen LogP contribution in [-0.4, -0.2) is 40.3 Å². The van der Waals surface area contributed by atoms with Crippen LogP contribution in [0.5, 0.6) is 0 Å². The lowest BCUT2D eigenvalue weighted by atomic mass is 10.2. The third-order valence-electron chi connectivity index (χ3n) is 3.74. The van der Waals surface area contributed by atoms with Gasteiger partial charge < -0.3 is 26.5 Å². The van der Waals surface area contributed by atoms with E-state index in [0.717, 1.165) is 18.3 Å². The molecule has 0 bridgehead atoms. The van der Waals surface area contributed by atoms with Crippen LogP contribution in [0.25, 0.3) is 0 Å². The van der Waals surface area contributed by atoms with E-state index in [1.54, 1.807) is 7.05 Å². The first-order valence-electron chi connectivity index (χ1n) is 8.33. The predicted molar refractivity (Wildman–Crippen MR) is 101 cm³/mol. The molecule has 11 heteroatoms. The van der Waals surface area contributed by atoms with Crippen LogP contribution in [0.15, 0.2) is 48.1 Å². The van der Waals surface area contributed by atoms with Gasteiger partial charge in [0.25, 0.3) is 5.91 Å². The number of carbonyl (C=O) groups is 1.